The van der Waals surface area contributed by atoms with E-state index >= 15 is 0 Å². The summed E-state index contributed by atoms with van der Waals surface area (Å²) in [7, 11) is 0. The Balaban J connectivity index is 4.53. The van der Waals surface area contributed by atoms with Gasteiger partial charge in [-0.3, -0.25) is 0 Å². The Morgan fingerprint density at radius 3 is 2.80 bits per heavy atom. The first-order chi connectivity index (χ1) is 7.19. The van der Waals surface area contributed by atoms with Gasteiger partial charge in [-0.15, -0.1) is 6.58 Å². The lowest BCUT2D eigenvalue weighted by Crippen LogP contribution is -2.36. The zero-order valence-corrected chi connectivity index (χ0v) is 8.82. The molecule has 15 heavy (non-hydrogen) atoms. The molecule has 0 spiro atoms. The number of nitrogens with two attached hydrogens (primary N) is 1. The molecule has 0 aliphatic heterocycles. The van der Waals surface area contributed by atoms with Gasteiger partial charge in [-0.2, -0.15) is 0 Å². The van der Waals surface area contributed by atoms with Crippen LogP contribution in [0.4, 0.5) is 0 Å². The van der Waals surface area contributed by atoms with Crippen LogP contribution in [-0.4, -0.2) is 31.4 Å². The Labute approximate surface area is 89.5 Å². The van der Waals surface area contributed by atoms with Gasteiger partial charge in [-0.1, -0.05) is 6.08 Å². The third-order valence-corrected chi connectivity index (χ3v) is 1.62. The monoisotopic (exact) mass is 211 g/mol. The summed E-state index contributed by atoms with van der Waals surface area (Å²) in [6, 6.07) is -0.208. The van der Waals surface area contributed by atoms with Crippen molar-refractivity contribution in [2.24, 2.45) is 5.73 Å². The van der Waals surface area contributed by atoms with E-state index < -0.39 is 5.97 Å². The second-order valence-electron chi connectivity index (χ2n) is 2.69. The maximum atomic E-state index is 11.4. The summed E-state index contributed by atoms with van der Waals surface area (Å²) in [6.07, 6.45) is 3.93. The van der Waals surface area contributed by atoms with Gasteiger partial charge in [0.25, 0.3) is 0 Å². The number of hydrogen-bond acceptors (Lipinski definition) is 5. The molecule has 0 bridgehead atoms. The molecule has 0 aromatic rings. The Kier molecular flexibility index (Phi) is 6.92. The average Bonchev–Trinajstić information content (AvgIpc) is 2.24. The summed E-state index contributed by atoms with van der Waals surface area (Å²) in [5.41, 5.74) is 5.64. The van der Waals surface area contributed by atoms with E-state index in [-0.39, 0.29) is 18.3 Å². The zero-order chi connectivity index (χ0) is 11.7. The van der Waals surface area contributed by atoms with Gasteiger partial charge in [0.15, 0.2) is 0 Å². The van der Waals surface area contributed by atoms with Crippen molar-refractivity contribution in [3.05, 3.63) is 24.4 Å². The van der Waals surface area contributed by atoms with Crippen molar-refractivity contribution in [3.8, 4) is 0 Å². The number of carbonyl (C=O) groups is 1. The minimum atomic E-state index is -0.499. The summed E-state index contributed by atoms with van der Waals surface area (Å²) in [5.74, 6) is -0.499. The second kappa shape index (κ2) is 7.75. The lowest BCUT2D eigenvalue weighted by Gasteiger charge is -2.15. The van der Waals surface area contributed by atoms with Crippen LogP contribution in [0, 0.1) is 5.41 Å². The van der Waals surface area contributed by atoms with Crippen molar-refractivity contribution >= 4 is 12.2 Å². The first-order valence-electron chi connectivity index (χ1n) is 4.66. The molecule has 0 aliphatic carbocycles. The molecule has 1 atom stereocenters. The number of rotatable bonds is 7. The molecule has 84 valence electrons. The number of esters is 1. The van der Waals surface area contributed by atoms with E-state index in [0.717, 1.165) is 6.21 Å². The van der Waals surface area contributed by atoms with Gasteiger partial charge in [0.1, 0.15) is 5.70 Å². The van der Waals surface area contributed by atoms with Crippen molar-refractivity contribution in [3.63, 3.8) is 0 Å². The van der Waals surface area contributed by atoms with Crippen LogP contribution in [0.2, 0.25) is 0 Å². The van der Waals surface area contributed by atoms with Crippen LogP contribution < -0.4 is 11.1 Å². The molecule has 0 rings (SSSR count). The summed E-state index contributed by atoms with van der Waals surface area (Å²) in [6.45, 7) is 5.89. The molecule has 0 saturated heterocycles. The van der Waals surface area contributed by atoms with Gasteiger partial charge in [-0.25, -0.2) is 4.79 Å². The van der Waals surface area contributed by atoms with E-state index in [0.29, 0.717) is 6.54 Å². The smallest absolute Gasteiger partial charge is 0.354 e. The average molecular weight is 211 g/mol. The predicted octanol–water partition coefficient (Wildman–Crippen LogP) is 0.186. The molecule has 0 fully saturated rings. The molecule has 4 N–H and O–H groups in total. The summed E-state index contributed by atoms with van der Waals surface area (Å²) >= 11 is 0. The Morgan fingerprint density at radius 2 is 2.40 bits per heavy atom. The highest BCUT2D eigenvalue weighted by molar-refractivity contribution is 5.92. The normalized spacial score (nSPS) is 12.8. The Bertz CT molecular complexity index is 261. The molecular weight excluding hydrogens is 194 g/mol. The largest absolute Gasteiger partial charge is 0.461 e. The fraction of sp³-hybridized carbons (Fsp3) is 0.400. The molecule has 0 unspecified atom stereocenters. The molecule has 0 saturated carbocycles. The van der Waals surface area contributed by atoms with E-state index in [9.17, 15) is 4.79 Å². The number of hydrogen-bond donors (Lipinski definition) is 3. The standard InChI is InChI=1S/C10H17N3O2/c1-3-8(7-12)13-9(5-6-11)10(14)15-4-2/h3,5-6,8,11,13H,1,4,7,12H2,2H3/b9-5-,11-6?/t8-/m0/s1. The molecule has 0 amide bonds. The molecular formula is C10H17N3O2. The summed E-state index contributed by atoms with van der Waals surface area (Å²) < 4.78 is 4.80. The third-order valence-electron chi connectivity index (χ3n) is 1.62. The van der Waals surface area contributed by atoms with Crippen molar-refractivity contribution in [2.75, 3.05) is 13.2 Å². The van der Waals surface area contributed by atoms with Crippen molar-refractivity contribution in [1.29, 1.82) is 5.41 Å². The Morgan fingerprint density at radius 1 is 1.73 bits per heavy atom. The highest BCUT2D eigenvalue weighted by Gasteiger charge is 2.12. The maximum absolute atomic E-state index is 11.4. The van der Waals surface area contributed by atoms with E-state index in [1.54, 1.807) is 13.0 Å². The van der Waals surface area contributed by atoms with Gasteiger partial charge in [0, 0.05) is 12.8 Å². The first-order valence-corrected chi connectivity index (χ1v) is 4.66. The number of ether oxygens (including phenoxy) is 1. The molecule has 0 radical (unpaired) electrons. The quantitative estimate of drug-likeness (QED) is 0.243. The van der Waals surface area contributed by atoms with Crippen LogP contribution in [0.5, 0.6) is 0 Å². The van der Waals surface area contributed by atoms with Crippen LogP contribution in [0.1, 0.15) is 6.92 Å². The van der Waals surface area contributed by atoms with Gasteiger partial charge in [-0.05, 0) is 13.0 Å². The third kappa shape index (κ3) is 4.97. The highest BCUT2D eigenvalue weighted by atomic mass is 16.5. The minimum Gasteiger partial charge on any atom is -0.461 e. The highest BCUT2D eigenvalue weighted by Crippen LogP contribution is 1.96. The van der Waals surface area contributed by atoms with Crippen LogP contribution in [0.3, 0.4) is 0 Å². The summed E-state index contributed by atoms with van der Waals surface area (Å²) in [4.78, 5) is 11.4. The zero-order valence-electron chi connectivity index (χ0n) is 8.82. The van der Waals surface area contributed by atoms with E-state index in [1.807, 2.05) is 0 Å². The lowest BCUT2D eigenvalue weighted by atomic mass is 10.2. The SMILES string of the molecule is C=C[C@@H](CN)N/C(=C\C=N)C(=O)OCC. The van der Waals surface area contributed by atoms with Gasteiger partial charge >= 0.3 is 5.97 Å². The molecule has 0 aliphatic rings. The Hall–Kier alpha value is -1.62. The lowest BCUT2D eigenvalue weighted by molar-refractivity contribution is -0.139. The van der Waals surface area contributed by atoms with Crippen molar-refractivity contribution < 1.29 is 9.53 Å². The van der Waals surface area contributed by atoms with Crippen molar-refractivity contribution in [1.82, 2.24) is 5.32 Å². The minimum absolute atomic E-state index is 0.208. The van der Waals surface area contributed by atoms with Crippen LogP contribution >= 0.6 is 0 Å². The predicted molar refractivity (Wildman–Crippen MR) is 59.7 cm³/mol. The first kappa shape index (κ1) is 13.4. The van der Waals surface area contributed by atoms with Crippen LogP contribution in [-0.2, 0) is 9.53 Å². The van der Waals surface area contributed by atoms with Crippen molar-refractivity contribution in [2.45, 2.75) is 13.0 Å². The fourth-order valence-corrected chi connectivity index (χ4v) is 0.881. The molecule has 5 heteroatoms. The topological polar surface area (TPSA) is 88.2 Å². The fourth-order valence-electron chi connectivity index (χ4n) is 0.881. The number of carbonyl (C=O) groups excluding carboxylic acids is 1. The second-order valence-corrected chi connectivity index (χ2v) is 2.69. The van der Waals surface area contributed by atoms with Gasteiger partial charge < -0.3 is 21.2 Å². The van der Waals surface area contributed by atoms with E-state index in [2.05, 4.69) is 11.9 Å². The molecule has 5 nitrogen and oxygen atoms in total. The van der Waals surface area contributed by atoms with Gasteiger partial charge in [0.05, 0.1) is 12.6 Å². The molecule has 0 aromatic heterocycles. The molecule has 0 heterocycles. The van der Waals surface area contributed by atoms with Crippen LogP contribution in [0.25, 0.3) is 0 Å². The number of allylic oxidation sites excluding steroid dienone is 1. The maximum Gasteiger partial charge on any atom is 0.354 e. The number of nitrogens with one attached hydrogen (secondary N) is 2. The van der Waals surface area contributed by atoms with E-state index in [4.69, 9.17) is 15.9 Å². The van der Waals surface area contributed by atoms with E-state index in [1.165, 1.54) is 6.08 Å². The summed E-state index contributed by atoms with van der Waals surface area (Å²) in [5, 5.41) is 9.74. The molecule has 0 aromatic carbocycles. The van der Waals surface area contributed by atoms with Crippen LogP contribution in [0.15, 0.2) is 24.4 Å². The van der Waals surface area contributed by atoms with Gasteiger partial charge in [0.2, 0.25) is 0 Å².